The zero-order chi connectivity index (χ0) is 26.0. The number of benzene rings is 1. The smallest absolute Gasteiger partial charge is 0.407 e. The van der Waals surface area contributed by atoms with E-state index in [1.54, 1.807) is 20.8 Å². The fourth-order valence-electron chi connectivity index (χ4n) is 4.78. The van der Waals surface area contributed by atoms with Crippen LogP contribution in [0, 0.1) is 0 Å². The van der Waals surface area contributed by atoms with Crippen molar-refractivity contribution in [3.63, 3.8) is 0 Å². The predicted octanol–water partition coefficient (Wildman–Crippen LogP) is 4.64. The molecule has 0 aromatic heterocycles. The van der Waals surface area contributed by atoms with Crippen molar-refractivity contribution < 1.29 is 24.2 Å². The van der Waals surface area contributed by atoms with Crippen LogP contribution in [-0.2, 0) is 20.7 Å². The first-order valence-corrected chi connectivity index (χ1v) is 13.5. The highest BCUT2D eigenvalue weighted by atomic mass is 16.6. The number of nitrogens with one attached hydrogen (secondary N) is 2. The van der Waals surface area contributed by atoms with Crippen molar-refractivity contribution in [1.82, 2.24) is 10.6 Å². The monoisotopic (exact) mass is 501 g/mol. The van der Waals surface area contributed by atoms with Gasteiger partial charge in [-0.3, -0.25) is 0 Å². The molecule has 0 aliphatic heterocycles. The molecule has 2 aliphatic carbocycles. The first kappa shape index (κ1) is 28.0. The van der Waals surface area contributed by atoms with E-state index in [1.807, 2.05) is 30.3 Å². The van der Waals surface area contributed by atoms with Gasteiger partial charge in [0.25, 0.3) is 6.02 Å². The number of alkyl carbamates (subject to hydrolysis) is 1. The normalized spacial score (nSPS) is 19.7. The van der Waals surface area contributed by atoms with Gasteiger partial charge in [0.1, 0.15) is 5.60 Å². The van der Waals surface area contributed by atoms with Gasteiger partial charge in [0.15, 0.2) is 6.10 Å². The second kappa shape index (κ2) is 13.6. The van der Waals surface area contributed by atoms with Gasteiger partial charge in [0.2, 0.25) is 0 Å². The SMILES string of the molecule is CC(C)(C)OC(=O)N[C@@H](Cc1ccccc1)[C@@H](O)C(=O)OC(=NC1CCCCC1)NC1CCCCC1. The molecule has 0 radical (unpaired) electrons. The summed E-state index contributed by atoms with van der Waals surface area (Å²) in [5, 5.41) is 17.0. The van der Waals surface area contributed by atoms with Crippen LogP contribution >= 0.6 is 0 Å². The summed E-state index contributed by atoms with van der Waals surface area (Å²) >= 11 is 0. The van der Waals surface area contributed by atoms with E-state index in [0.29, 0.717) is 0 Å². The lowest BCUT2D eigenvalue weighted by molar-refractivity contribution is -0.146. The van der Waals surface area contributed by atoms with Crippen LogP contribution < -0.4 is 10.6 Å². The van der Waals surface area contributed by atoms with Crippen molar-refractivity contribution >= 4 is 18.1 Å². The molecule has 2 aliphatic rings. The molecule has 1 aromatic carbocycles. The van der Waals surface area contributed by atoms with Crippen LogP contribution in [0.2, 0.25) is 0 Å². The summed E-state index contributed by atoms with van der Waals surface area (Å²) in [6.07, 6.45) is 8.77. The van der Waals surface area contributed by atoms with Gasteiger partial charge in [-0.1, -0.05) is 68.9 Å². The number of carbonyl (C=O) groups is 2. The molecule has 0 heterocycles. The maximum absolute atomic E-state index is 13.2. The average Bonchev–Trinajstić information content (AvgIpc) is 2.84. The molecule has 200 valence electrons. The van der Waals surface area contributed by atoms with Crippen LogP contribution in [-0.4, -0.2) is 53.0 Å². The fourth-order valence-corrected chi connectivity index (χ4v) is 4.78. The van der Waals surface area contributed by atoms with Crippen LogP contribution in [0.25, 0.3) is 0 Å². The number of esters is 1. The van der Waals surface area contributed by atoms with Crippen LogP contribution in [0.15, 0.2) is 35.3 Å². The largest absolute Gasteiger partial charge is 0.444 e. The lowest BCUT2D eigenvalue weighted by Crippen LogP contribution is -2.51. The Morgan fingerprint density at radius 3 is 2.22 bits per heavy atom. The Balaban J connectivity index is 1.73. The highest BCUT2D eigenvalue weighted by Gasteiger charge is 2.32. The van der Waals surface area contributed by atoms with Crippen LogP contribution in [0.5, 0.6) is 0 Å². The Kier molecular flexibility index (Phi) is 10.6. The van der Waals surface area contributed by atoms with Gasteiger partial charge < -0.3 is 25.2 Å². The predicted molar refractivity (Wildman–Crippen MR) is 140 cm³/mol. The Morgan fingerprint density at radius 1 is 1.00 bits per heavy atom. The van der Waals surface area contributed by atoms with Gasteiger partial charge >= 0.3 is 12.1 Å². The number of aliphatic hydroxyl groups excluding tert-OH is 1. The van der Waals surface area contributed by atoms with E-state index in [9.17, 15) is 14.7 Å². The van der Waals surface area contributed by atoms with Gasteiger partial charge in [-0.05, 0) is 58.4 Å². The molecule has 2 saturated carbocycles. The first-order valence-electron chi connectivity index (χ1n) is 13.5. The number of amidine groups is 1. The lowest BCUT2D eigenvalue weighted by Gasteiger charge is -2.28. The maximum atomic E-state index is 13.2. The number of amides is 1. The summed E-state index contributed by atoms with van der Waals surface area (Å²) in [6, 6.07) is 8.94. The van der Waals surface area contributed by atoms with Crippen molar-refractivity contribution in [3.05, 3.63) is 35.9 Å². The molecule has 0 bridgehead atoms. The molecule has 36 heavy (non-hydrogen) atoms. The summed E-state index contributed by atoms with van der Waals surface area (Å²) in [5.74, 6) is -0.843. The molecular formula is C28H43N3O5. The average molecular weight is 502 g/mol. The molecule has 8 nitrogen and oxygen atoms in total. The molecule has 2 atom stereocenters. The van der Waals surface area contributed by atoms with Crippen molar-refractivity contribution in [1.29, 1.82) is 0 Å². The van der Waals surface area contributed by atoms with E-state index in [0.717, 1.165) is 56.9 Å². The summed E-state index contributed by atoms with van der Waals surface area (Å²) in [5.41, 5.74) is 0.151. The van der Waals surface area contributed by atoms with E-state index in [-0.39, 0.29) is 24.5 Å². The number of rotatable bonds is 7. The van der Waals surface area contributed by atoms with E-state index in [2.05, 4.69) is 10.6 Å². The molecule has 0 unspecified atom stereocenters. The number of ether oxygens (including phenoxy) is 2. The quantitative estimate of drug-likeness (QED) is 0.285. The molecule has 2 fully saturated rings. The molecule has 1 amide bonds. The number of aliphatic imine (C=N–C) groups is 1. The van der Waals surface area contributed by atoms with E-state index in [4.69, 9.17) is 14.5 Å². The number of nitrogens with zero attached hydrogens (tertiary/aromatic N) is 1. The van der Waals surface area contributed by atoms with Crippen LogP contribution in [0.4, 0.5) is 4.79 Å². The van der Waals surface area contributed by atoms with E-state index < -0.39 is 29.8 Å². The van der Waals surface area contributed by atoms with Gasteiger partial charge in [0, 0.05) is 6.04 Å². The van der Waals surface area contributed by atoms with E-state index in [1.165, 1.54) is 12.8 Å². The second-order valence-corrected chi connectivity index (χ2v) is 11.0. The first-order chi connectivity index (χ1) is 17.2. The molecule has 8 heteroatoms. The third-order valence-corrected chi connectivity index (χ3v) is 6.63. The minimum atomic E-state index is -1.59. The number of hydrogen-bond donors (Lipinski definition) is 3. The molecule has 3 rings (SSSR count). The van der Waals surface area contributed by atoms with Crippen molar-refractivity contribution in [2.75, 3.05) is 0 Å². The van der Waals surface area contributed by atoms with E-state index >= 15 is 0 Å². The summed E-state index contributed by atoms with van der Waals surface area (Å²) in [7, 11) is 0. The summed E-state index contributed by atoms with van der Waals surface area (Å²) in [4.78, 5) is 30.4. The van der Waals surface area contributed by atoms with Gasteiger partial charge in [0.05, 0.1) is 12.1 Å². The molecule has 3 N–H and O–H groups in total. The summed E-state index contributed by atoms with van der Waals surface area (Å²) in [6.45, 7) is 5.28. The highest BCUT2D eigenvalue weighted by Crippen LogP contribution is 2.22. The summed E-state index contributed by atoms with van der Waals surface area (Å²) < 4.78 is 11.0. The minimum Gasteiger partial charge on any atom is -0.444 e. The molecular weight excluding hydrogens is 458 g/mol. The molecule has 1 aromatic rings. The Bertz CT molecular complexity index is 856. The number of hydrogen-bond acceptors (Lipinski definition) is 6. The second-order valence-electron chi connectivity index (χ2n) is 11.0. The molecule has 0 saturated heterocycles. The number of carbonyl (C=O) groups excluding carboxylic acids is 2. The lowest BCUT2D eigenvalue weighted by atomic mass is 9.95. The van der Waals surface area contributed by atoms with Crippen molar-refractivity contribution in [2.24, 2.45) is 4.99 Å². The third-order valence-electron chi connectivity index (χ3n) is 6.63. The Labute approximate surface area is 215 Å². The topological polar surface area (TPSA) is 109 Å². The standard InChI is InChI=1S/C28H43N3O5/c1-28(2,3)36-27(34)31-23(19-20-13-7-4-8-14-20)24(32)25(33)35-26(29-21-15-9-5-10-16-21)30-22-17-11-6-12-18-22/h4,7-8,13-14,21-24,32H,5-6,9-12,15-19H2,1-3H3,(H,29,30)(H,31,34)/t23-,24+/m0/s1. The Hall–Kier alpha value is -2.61. The number of aliphatic hydroxyl groups is 1. The fraction of sp³-hybridized carbons (Fsp3) is 0.679. The highest BCUT2D eigenvalue weighted by molar-refractivity contribution is 5.90. The zero-order valence-corrected chi connectivity index (χ0v) is 22.0. The Morgan fingerprint density at radius 2 is 1.61 bits per heavy atom. The van der Waals surface area contributed by atoms with Gasteiger partial charge in [-0.2, -0.15) is 0 Å². The zero-order valence-electron chi connectivity index (χ0n) is 22.0. The van der Waals surface area contributed by atoms with Crippen LogP contribution in [0.1, 0.15) is 90.5 Å². The van der Waals surface area contributed by atoms with Crippen molar-refractivity contribution in [3.8, 4) is 0 Å². The van der Waals surface area contributed by atoms with Crippen molar-refractivity contribution in [2.45, 2.75) is 121 Å². The van der Waals surface area contributed by atoms with Gasteiger partial charge in [-0.25, -0.2) is 14.6 Å². The maximum Gasteiger partial charge on any atom is 0.407 e. The minimum absolute atomic E-state index is 0.106. The third kappa shape index (κ3) is 9.80. The van der Waals surface area contributed by atoms with Gasteiger partial charge in [-0.15, -0.1) is 0 Å². The molecule has 0 spiro atoms. The van der Waals surface area contributed by atoms with Crippen LogP contribution in [0.3, 0.4) is 0 Å².